The molecular formula is C17H25NO3. The Labute approximate surface area is 126 Å². The molecule has 1 atom stereocenters. The summed E-state index contributed by atoms with van der Waals surface area (Å²) in [5.74, 6) is 0.0594. The molecule has 1 amide bonds. The van der Waals surface area contributed by atoms with E-state index in [2.05, 4.69) is 5.32 Å². The van der Waals surface area contributed by atoms with E-state index < -0.39 is 11.7 Å². The monoisotopic (exact) mass is 291 g/mol. The number of carbonyl (C=O) groups is 2. The molecule has 1 rings (SSSR count). The second-order valence-electron chi connectivity index (χ2n) is 6.27. The van der Waals surface area contributed by atoms with Gasteiger partial charge in [-0.25, -0.2) is 4.79 Å². The zero-order valence-corrected chi connectivity index (χ0v) is 13.3. The van der Waals surface area contributed by atoms with Crippen LogP contribution < -0.4 is 5.32 Å². The Bertz CT molecular complexity index is 463. The lowest BCUT2D eigenvalue weighted by molar-refractivity contribution is -0.117. The van der Waals surface area contributed by atoms with Crippen LogP contribution in [0.15, 0.2) is 30.3 Å². The molecule has 0 saturated carbocycles. The van der Waals surface area contributed by atoms with Gasteiger partial charge in [0.15, 0.2) is 0 Å². The highest BCUT2D eigenvalue weighted by Gasteiger charge is 2.20. The fourth-order valence-electron chi connectivity index (χ4n) is 2.03. The first-order chi connectivity index (χ1) is 9.76. The molecule has 116 valence electrons. The van der Waals surface area contributed by atoms with Gasteiger partial charge in [-0.2, -0.15) is 0 Å². The van der Waals surface area contributed by atoms with Crippen LogP contribution in [-0.2, 0) is 16.0 Å². The van der Waals surface area contributed by atoms with Crippen molar-refractivity contribution < 1.29 is 14.3 Å². The summed E-state index contributed by atoms with van der Waals surface area (Å²) in [4.78, 5) is 23.2. The fraction of sp³-hybridized carbons (Fsp3) is 0.529. The minimum Gasteiger partial charge on any atom is -0.444 e. The van der Waals surface area contributed by atoms with Crippen LogP contribution in [0, 0.1) is 0 Å². The molecule has 0 spiro atoms. The van der Waals surface area contributed by atoms with E-state index in [1.807, 2.05) is 51.1 Å². The summed E-state index contributed by atoms with van der Waals surface area (Å²) in [6.45, 7) is 6.98. The Hall–Kier alpha value is -1.84. The molecular weight excluding hydrogens is 266 g/mol. The Morgan fingerprint density at radius 3 is 2.33 bits per heavy atom. The summed E-state index contributed by atoms with van der Waals surface area (Å²) in [7, 11) is 0. The quantitative estimate of drug-likeness (QED) is 0.873. The summed E-state index contributed by atoms with van der Waals surface area (Å²) in [6, 6.07) is 9.82. The normalized spacial score (nSPS) is 12.6. The van der Waals surface area contributed by atoms with Crippen LogP contribution in [-0.4, -0.2) is 23.5 Å². The van der Waals surface area contributed by atoms with Gasteiger partial charge in [0, 0.05) is 12.5 Å². The molecule has 1 aromatic carbocycles. The third kappa shape index (κ3) is 8.12. The van der Waals surface area contributed by atoms with Crippen LogP contribution in [0.3, 0.4) is 0 Å². The largest absolute Gasteiger partial charge is 0.444 e. The zero-order chi connectivity index (χ0) is 15.9. The van der Waals surface area contributed by atoms with Gasteiger partial charge in [0.05, 0.1) is 0 Å². The van der Waals surface area contributed by atoms with Crippen LogP contribution in [0.2, 0.25) is 0 Å². The Balaban J connectivity index is 2.55. The third-order valence-corrected chi connectivity index (χ3v) is 2.88. The molecule has 0 aromatic heterocycles. The van der Waals surface area contributed by atoms with E-state index in [1.165, 1.54) is 12.5 Å². The van der Waals surface area contributed by atoms with Crippen molar-refractivity contribution in [3.05, 3.63) is 35.9 Å². The van der Waals surface area contributed by atoms with Gasteiger partial charge >= 0.3 is 6.09 Å². The highest BCUT2D eigenvalue weighted by atomic mass is 16.6. The number of hydrogen-bond acceptors (Lipinski definition) is 3. The van der Waals surface area contributed by atoms with Crippen molar-refractivity contribution in [3.63, 3.8) is 0 Å². The van der Waals surface area contributed by atoms with Crippen molar-refractivity contribution >= 4 is 11.9 Å². The Morgan fingerprint density at radius 1 is 1.19 bits per heavy atom. The third-order valence-electron chi connectivity index (χ3n) is 2.88. The maximum absolute atomic E-state index is 11.8. The highest BCUT2D eigenvalue weighted by molar-refractivity contribution is 5.77. The molecule has 1 N–H and O–H groups in total. The summed E-state index contributed by atoms with van der Waals surface area (Å²) >= 11 is 0. The molecule has 1 unspecified atom stereocenters. The van der Waals surface area contributed by atoms with E-state index in [4.69, 9.17) is 4.74 Å². The number of carbonyl (C=O) groups excluding carboxylic acids is 2. The molecule has 0 radical (unpaired) electrons. The summed E-state index contributed by atoms with van der Waals surface area (Å²) < 4.78 is 5.24. The van der Waals surface area contributed by atoms with E-state index in [9.17, 15) is 9.59 Å². The number of rotatable bonds is 6. The fourth-order valence-corrected chi connectivity index (χ4v) is 2.03. The number of alkyl carbamates (subject to hydrolysis) is 1. The molecule has 0 saturated heterocycles. The van der Waals surface area contributed by atoms with Crippen LogP contribution >= 0.6 is 0 Å². The first-order valence-electron chi connectivity index (χ1n) is 7.29. The Kier molecular flexibility index (Phi) is 6.40. The molecule has 0 aliphatic rings. The maximum Gasteiger partial charge on any atom is 0.407 e. The average molecular weight is 291 g/mol. The summed E-state index contributed by atoms with van der Waals surface area (Å²) in [6.07, 6.45) is 1.38. The van der Waals surface area contributed by atoms with Crippen molar-refractivity contribution in [1.29, 1.82) is 0 Å². The molecule has 21 heavy (non-hydrogen) atoms. The van der Waals surface area contributed by atoms with E-state index >= 15 is 0 Å². The topological polar surface area (TPSA) is 55.4 Å². The predicted octanol–water partition coefficient (Wildman–Crippen LogP) is 3.49. The summed E-state index contributed by atoms with van der Waals surface area (Å²) in [5.41, 5.74) is 0.654. The number of hydrogen-bond donors (Lipinski definition) is 1. The van der Waals surface area contributed by atoms with Gasteiger partial charge in [-0.15, -0.1) is 0 Å². The van der Waals surface area contributed by atoms with Gasteiger partial charge in [-0.1, -0.05) is 30.3 Å². The summed E-state index contributed by atoms with van der Waals surface area (Å²) in [5, 5.41) is 2.79. The number of Topliss-reactive ketones (excluding diaryl/α,β-unsaturated/α-hetero) is 1. The minimum atomic E-state index is -0.537. The van der Waals surface area contributed by atoms with E-state index in [-0.39, 0.29) is 11.8 Å². The van der Waals surface area contributed by atoms with Gasteiger partial charge in [0.25, 0.3) is 0 Å². The van der Waals surface area contributed by atoms with Gasteiger partial charge in [0.2, 0.25) is 0 Å². The molecule has 0 fully saturated rings. The molecule has 4 heteroatoms. The van der Waals surface area contributed by atoms with E-state index in [0.717, 1.165) is 6.42 Å². The van der Waals surface area contributed by atoms with E-state index in [1.54, 1.807) is 0 Å². The lowest BCUT2D eigenvalue weighted by Crippen LogP contribution is -2.40. The molecule has 0 aliphatic carbocycles. The average Bonchev–Trinajstić information content (AvgIpc) is 2.34. The number of amides is 1. The van der Waals surface area contributed by atoms with Crippen LogP contribution in [0.25, 0.3) is 0 Å². The number of aryl methyl sites for hydroxylation is 1. The maximum atomic E-state index is 11.8. The van der Waals surface area contributed by atoms with Crippen molar-refractivity contribution in [2.75, 3.05) is 0 Å². The van der Waals surface area contributed by atoms with Crippen molar-refractivity contribution in [2.45, 2.75) is 58.6 Å². The second-order valence-corrected chi connectivity index (χ2v) is 6.27. The van der Waals surface area contributed by atoms with Crippen LogP contribution in [0.4, 0.5) is 4.79 Å². The number of nitrogens with one attached hydrogen (secondary N) is 1. The second kappa shape index (κ2) is 7.81. The van der Waals surface area contributed by atoms with Gasteiger partial charge < -0.3 is 10.1 Å². The highest BCUT2D eigenvalue weighted by Crippen LogP contribution is 2.10. The number of ketones is 1. The molecule has 0 heterocycles. The van der Waals surface area contributed by atoms with Gasteiger partial charge in [-0.05, 0) is 46.1 Å². The zero-order valence-electron chi connectivity index (χ0n) is 13.3. The van der Waals surface area contributed by atoms with Crippen LogP contribution in [0.1, 0.15) is 46.1 Å². The Morgan fingerprint density at radius 2 is 1.81 bits per heavy atom. The minimum absolute atomic E-state index is 0.0594. The van der Waals surface area contributed by atoms with Crippen LogP contribution in [0.5, 0.6) is 0 Å². The lowest BCUT2D eigenvalue weighted by Gasteiger charge is -2.23. The lowest BCUT2D eigenvalue weighted by atomic mass is 10.0. The SMILES string of the molecule is CC(=O)CC(CCc1ccccc1)NC(=O)OC(C)(C)C. The molecule has 4 nitrogen and oxygen atoms in total. The smallest absolute Gasteiger partial charge is 0.407 e. The van der Waals surface area contributed by atoms with E-state index in [0.29, 0.717) is 12.8 Å². The first-order valence-corrected chi connectivity index (χ1v) is 7.29. The van der Waals surface area contributed by atoms with Gasteiger partial charge in [0.1, 0.15) is 11.4 Å². The predicted molar refractivity (Wildman–Crippen MR) is 83.2 cm³/mol. The molecule has 0 aliphatic heterocycles. The molecule has 1 aromatic rings. The van der Waals surface area contributed by atoms with Crippen molar-refractivity contribution in [1.82, 2.24) is 5.32 Å². The number of benzene rings is 1. The van der Waals surface area contributed by atoms with Gasteiger partial charge in [-0.3, -0.25) is 4.79 Å². The first kappa shape index (κ1) is 17.2. The standard InChI is InChI=1S/C17H25NO3/c1-13(19)12-15(18-16(20)21-17(2,3)4)11-10-14-8-6-5-7-9-14/h5-9,15H,10-12H2,1-4H3,(H,18,20). The number of ether oxygens (including phenoxy) is 1. The molecule has 0 bridgehead atoms. The van der Waals surface area contributed by atoms with Crippen molar-refractivity contribution in [3.8, 4) is 0 Å². The van der Waals surface area contributed by atoms with Crippen molar-refractivity contribution in [2.24, 2.45) is 0 Å².